The lowest BCUT2D eigenvalue weighted by Crippen LogP contribution is -2.03. The second-order valence-corrected chi connectivity index (χ2v) is 4.81. The SMILES string of the molecule is CCSC(COC(C)=O)=C1CCCC1. The van der Waals surface area contributed by atoms with Crippen molar-refractivity contribution in [1.29, 1.82) is 0 Å². The van der Waals surface area contributed by atoms with Crippen molar-refractivity contribution in [3.63, 3.8) is 0 Å². The molecule has 3 heteroatoms. The van der Waals surface area contributed by atoms with E-state index in [4.69, 9.17) is 4.74 Å². The van der Waals surface area contributed by atoms with E-state index in [9.17, 15) is 4.79 Å². The highest BCUT2D eigenvalue weighted by Crippen LogP contribution is 2.32. The minimum absolute atomic E-state index is 0.183. The Balaban J connectivity index is 2.53. The van der Waals surface area contributed by atoms with Crippen molar-refractivity contribution >= 4 is 17.7 Å². The largest absolute Gasteiger partial charge is 0.460 e. The van der Waals surface area contributed by atoms with Crippen LogP contribution >= 0.6 is 11.8 Å². The summed E-state index contributed by atoms with van der Waals surface area (Å²) >= 11 is 1.82. The molecule has 0 spiro atoms. The molecular weight excluding hydrogens is 196 g/mol. The average Bonchev–Trinajstić information content (AvgIpc) is 2.64. The van der Waals surface area contributed by atoms with Gasteiger partial charge in [0.1, 0.15) is 6.61 Å². The number of esters is 1. The molecule has 2 nitrogen and oxygen atoms in total. The van der Waals surface area contributed by atoms with Gasteiger partial charge in [0.2, 0.25) is 0 Å². The van der Waals surface area contributed by atoms with E-state index in [0.717, 1.165) is 5.75 Å². The number of carbonyl (C=O) groups excluding carboxylic acids is 1. The lowest BCUT2D eigenvalue weighted by molar-refractivity contribution is -0.139. The second kappa shape index (κ2) is 6.12. The summed E-state index contributed by atoms with van der Waals surface area (Å²) in [5, 5.41) is 0. The van der Waals surface area contributed by atoms with Crippen molar-refractivity contribution in [2.45, 2.75) is 39.5 Å². The van der Waals surface area contributed by atoms with Crippen molar-refractivity contribution in [2.75, 3.05) is 12.4 Å². The van der Waals surface area contributed by atoms with Crippen LogP contribution in [0, 0.1) is 0 Å². The van der Waals surface area contributed by atoms with Gasteiger partial charge >= 0.3 is 5.97 Å². The van der Waals surface area contributed by atoms with E-state index in [0.29, 0.717) is 6.61 Å². The zero-order valence-corrected chi connectivity index (χ0v) is 9.78. The predicted octanol–water partition coefficient (Wildman–Crippen LogP) is 3.13. The summed E-state index contributed by atoms with van der Waals surface area (Å²) in [7, 11) is 0. The number of thioether (sulfide) groups is 1. The Bertz CT molecular complexity index is 225. The molecule has 1 aliphatic carbocycles. The molecule has 0 bridgehead atoms. The van der Waals surface area contributed by atoms with Crippen LogP contribution in [0.1, 0.15) is 39.5 Å². The minimum Gasteiger partial charge on any atom is -0.460 e. The zero-order valence-electron chi connectivity index (χ0n) is 8.97. The van der Waals surface area contributed by atoms with Gasteiger partial charge in [0.05, 0.1) is 0 Å². The van der Waals surface area contributed by atoms with Gasteiger partial charge in [0.25, 0.3) is 0 Å². The normalized spacial score (nSPS) is 15.7. The molecular formula is C11H18O2S. The molecule has 0 unspecified atom stereocenters. The number of allylic oxidation sites excluding steroid dienone is 1. The lowest BCUT2D eigenvalue weighted by Gasteiger charge is -2.09. The Morgan fingerprint density at radius 3 is 2.57 bits per heavy atom. The third-order valence-electron chi connectivity index (χ3n) is 2.33. The van der Waals surface area contributed by atoms with E-state index >= 15 is 0 Å². The minimum atomic E-state index is -0.183. The van der Waals surface area contributed by atoms with Crippen molar-refractivity contribution < 1.29 is 9.53 Å². The van der Waals surface area contributed by atoms with Gasteiger partial charge in [-0.2, -0.15) is 0 Å². The topological polar surface area (TPSA) is 26.3 Å². The molecule has 0 amide bonds. The van der Waals surface area contributed by atoms with Crippen molar-refractivity contribution in [1.82, 2.24) is 0 Å². The van der Waals surface area contributed by atoms with Crippen LogP contribution in [0.15, 0.2) is 10.5 Å². The van der Waals surface area contributed by atoms with E-state index in [1.807, 2.05) is 11.8 Å². The summed E-state index contributed by atoms with van der Waals surface area (Å²) in [5.41, 5.74) is 1.51. The molecule has 0 N–H and O–H groups in total. The molecule has 14 heavy (non-hydrogen) atoms. The average molecular weight is 214 g/mol. The molecule has 1 saturated carbocycles. The van der Waals surface area contributed by atoms with Gasteiger partial charge in [-0.15, -0.1) is 11.8 Å². The fraction of sp³-hybridized carbons (Fsp3) is 0.727. The van der Waals surface area contributed by atoms with Crippen molar-refractivity contribution in [3.05, 3.63) is 10.5 Å². The first-order chi connectivity index (χ1) is 6.74. The molecule has 1 fully saturated rings. The summed E-state index contributed by atoms with van der Waals surface area (Å²) in [6, 6.07) is 0. The van der Waals surface area contributed by atoms with Gasteiger partial charge < -0.3 is 4.74 Å². The molecule has 80 valence electrons. The smallest absolute Gasteiger partial charge is 0.302 e. The Hall–Kier alpha value is -0.440. The molecule has 0 aromatic heterocycles. The molecule has 1 aliphatic rings. The van der Waals surface area contributed by atoms with Gasteiger partial charge in [0.15, 0.2) is 0 Å². The Kier molecular flexibility index (Phi) is 5.09. The van der Waals surface area contributed by atoms with E-state index < -0.39 is 0 Å². The molecule has 0 aromatic rings. The number of ether oxygens (including phenoxy) is 1. The van der Waals surface area contributed by atoms with Crippen LogP contribution in [0.3, 0.4) is 0 Å². The van der Waals surface area contributed by atoms with Crippen LogP contribution < -0.4 is 0 Å². The molecule has 0 atom stereocenters. The Labute approximate surface area is 90.1 Å². The molecule has 0 saturated heterocycles. The highest BCUT2D eigenvalue weighted by atomic mass is 32.2. The van der Waals surface area contributed by atoms with Crippen LogP contribution in [-0.2, 0) is 9.53 Å². The van der Waals surface area contributed by atoms with Gasteiger partial charge in [-0.3, -0.25) is 4.79 Å². The Morgan fingerprint density at radius 1 is 1.43 bits per heavy atom. The van der Waals surface area contributed by atoms with E-state index in [-0.39, 0.29) is 5.97 Å². The number of rotatable bonds is 4. The maximum Gasteiger partial charge on any atom is 0.302 e. The standard InChI is InChI=1S/C11H18O2S/c1-3-14-11(8-13-9(2)12)10-6-4-5-7-10/h3-8H2,1-2H3. The maximum absolute atomic E-state index is 10.7. The molecule has 0 aromatic carbocycles. The fourth-order valence-corrected chi connectivity index (χ4v) is 2.57. The van der Waals surface area contributed by atoms with Crippen LogP contribution in [0.2, 0.25) is 0 Å². The summed E-state index contributed by atoms with van der Waals surface area (Å²) in [4.78, 5) is 12.0. The van der Waals surface area contributed by atoms with Gasteiger partial charge in [-0.05, 0) is 31.4 Å². The summed E-state index contributed by atoms with van der Waals surface area (Å²) in [6.07, 6.45) is 4.99. The second-order valence-electron chi connectivity index (χ2n) is 3.45. The first kappa shape index (κ1) is 11.6. The molecule has 0 aliphatic heterocycles. The number of hydrogen-bond donors (Lipinski definition) is 0. The van der Waals surface area contributed by atoms with E-state index in [1.165, 1.54) is 43.1 Å². The van der Waals surface area contributed by atoms with Crippen molar-refractivity contribution in [3.8, 4) is 0 Å². The third-order valence-corrected chi connectivity index (χ3v) is 3.37. The first-order valence-corrected chi connectivity index (χ1v) is 6.19. The maximum atomic E-state index is 10.7. The number of hydrogen-bond acceptors (Lipinski definition) is 3. The van der Waals surface area contributed by atoms with Gasteiger partial charge in [-0.1, -0.05) is 12.5 Å². The van der Waals surface area contributed by atoms with Gasteiger partial charge in [0, 0.05) is 11.8 Å². The third kappa shape index (κ3) is 3.74. The highest BCUT2D eigenvalue weighted by molar-refractivity contribution is 8.03. The summed E-state index contributed by atoms with van der Waals surface area (Å²) in [6.45, 7) is 4.09. The molecule has 0 radical (unpaired) electrons. The van der Waals surface area contributed by atoms with Gasteiger partial charge in [-0.25, -0.2) is 0 Å². The summed E-state index contributed by atoms with van der Waals surface area (Å²) < 4.78 is 5.05. The first-order valence-electron chi connectivity index (χ1n) is 5.21. The van der Waals surface area contributed by atoms with Crippen LogP contribution in [0.5, 0.6) is 0 Å². The quantitative estimate of drug-likeness (QED) is 0.672. The predicted molar refractivity (Wildman–Crippen MR) is 60.3 cm³/mol. The lowest BCUT2D eigenvalue weighted by atomic mass is 10.2. The van der Waals surface area contributed by atoms with Crippen LogP contribution in [0.4, 0.5) is 0 Å². The summed E-state index contributed by atoms with van der Waals surface area (Å²) in [5.74, 6) is 0.873. The van der Waals surface area contributed by atoms with E-state index in [1.54, 1.807) is 0 Å². The van der Waals surface area contributed by atoms with Crippen molar-refractivity contribution in [2.24, 2.45) is 0 Å². The molecule has 1 rings (SSSR count). The Morgan fingerprint density at radius 2 is 2.07 bits per heavy atom. The molecule has 0 heterocycles. The fourth-order valence-electron chi connectivity index (χ4n) is 1.67. The monoisotopic (exact) mass is 214 g/mol. The zero-order chi connectivity index (χ0) is 10.4. The van der Waals surface area contributed by atoms with Crippen LogP contribution in [0.25, 0.3) is 0 Å². The van der Waals surface area contributed by atoms with Crippen LogP contribution in [-0.4, -0.2) is 18.3 Å². The van der Waals surface area contributed by atoms with E-state index in [2.05, 4.69) is 6.92 Å². The number of carbonyl (C=O) groups is 1. The highest BCUT2D eigenvalue weighted by Gasteiger charge is 2.13.